The molecule has 0 heterocycles. The average Bonchev–Trinajstić information content (AvgIpc) is 3.19. The van der Waals surface area contributed by atoms with E-state index in [0.717, 1.165) is 51.4 Å². The number of rotatable bonds is 46. The molecule has 0 saturated heterocycles. The van der Waals surface area contributed by atoms with E-state index in [2.05, 4.69) is 26.0 Å². The van der Waals surface area contributed by atoms with Gasteiger partial charge in [-0.05, 0) is 38.5 Å². The van der Waals surface area contributed by atoms with E-state index in [1.54, 1.807) is 0 Å². The number of allylic oxidation sites excluding steroid dienone is 2. The van der Waals surface area contributed by atoms with Crippen LogP contribution in [0.25, 0.3) is 0 Å². The number of nitrogens with zero attached hydrogens (tertiary/aromatic N) is 1. The molecule has 350 valence electrons. The summed E-state index contributed by atoms with van der Waals surface area (Å²) in [4.78, 5) is 37.7. The lowest BCUT2D eigenvalue weighted by Gasteiger charge is -2.28. The standard InChI is InChI=1S/C49H96NO8P/c1-6-8-10-12-14-16-18-20-22-24-25-26-28-30-32-34-36-38-40-42-49(52)58-47(46-57-59(53,54)56-44-43-50(3,4)5)45-55-48(51)41-39-37-35-33-31-29-27-23-21-19-17-15-13-11-9-7-2/h23,27,47H,6-22,24-26,28-46H2,1-5H3/b27-23-/t47-/m1/s1. The highest BCUT2D eigenvalue weighted by molar-refractivity contribution is 7.45. The fourth-order valence-corrected chi connectivity index (χ4v) is 7.85. The van der Waals surface area contributed by atoms with Gasteiger partial charge in [-0.3, -0.25) is 14.2 Å². The lowest BCUT2D eigenvalue weighted by atomic mass is 10.0. The van der Waals surface area contributed by atoms with Crippen molar-refractivity contribution in [3.8, 4) is 0 Å². The number of hydrogen-bond donors (Lipinski definition) is 0. The van der Waals surface area contributed by atoms with Crippen LogP contribution in [0.2, 0.25) is 0 Å². The van der Waals surface area contributed by atoms with Gasteiger partial charge in [0.15, 0.2) is 6.10 Å². The van der Waals surface area contributed by atoms with Gasteiger partial charge in [-0.25, -0.2) is 0 Å². The molecule has 0 amide bonds. The summed E-state index contributed by atoms with van der Waals surface area (Å²) >= 11 is 0. The lowest BCUT2D eigenvalue weighted by Crippen LogP contribution is -2.37. The maximum atomic E-state index is 12.7. The highest BCUT2D eigenvalue weighted by Crippen LogP contribution is 2.38. The van der Waals surface area contributed by atoms with Crippen molar-refractivity contribution in [2.24, 2.45) is 0 Å². The van der Waals surface area contributed by atoms with Crippen molar-refractivity contribution < 1.29 is 42.1 Å². The third kappa shape index (κ3) is 46.1. The summed E-state index contributed by atoms with van der Waals surface area (Å²) in [7, 11) is 1.17. The number of carbonyl (C=O) groups excluding carboxylic acids is 2. The summed E-state index contributed by atoms with van der Waals surface area (Å²) in [6.45, 7) is 4.26. The molecule has 0 bridgehead atoms. The van der Waals surface area contributed by atoms with Crippen LogP contribution in [0.5, 0.6) is 0 Å². The van der Waals surface area contributed by atoms with Crippen LogP contribution in [0, 0.1) is 0 Å². The Balaban J connectivity index is 4.25. The molecule has 0 N–H and O–H groups in total. The molecule has 0 aliphatic heterocycles. The molecule has 10 heteroatoms. The van der Waals surface area contributed by atoms with Crippen molar-refractivity contribution in [1.82, 2.24) is 0 Å². The first-order valence-corrected chi connectivity index (χ1v) is 26.4. The fourth-order valence-electron chi connectivity index (χ4n) is 7.12. The molecular formula is C49H96NO8P. The zero-order chi connectivity index (χ0) is 43.6. The van der Waals surface area contributed by atoms with E-state index in [0.29, 0.717) is 17.4 Å². The predicted octanol–water partition coefficient (Wildman–Crippen LogP) is 13.9. The molecule has 0 aromatic carbocycles. The Morgan fingerprint density at radius 3 is 1.25 bits per heavy atom. The Labute approximate surface area is 365 Å². The van der Waals surface area contributed by atoms with Crippen molar-refractivity contribution >= 4 is 19.8 Å². The first-order valence-electron chi connectivity index (χ1n) is 24.9. The zero-order valence-corrected chi connectivity index (χ0v) is 40.4. The number of likely N-dealkylation sites (N-methyl/N-ethyl adjacent to an activating group) is 1. The summed E-state index contributed by atoms with van der Waals surface area (Å²) in [5.74, 6) is -0.830. The van der Waals surface area contributed by atoms with E-state index in [9.17, 15) is 19.0 Å². The van der Waals surface area contributed by atoms with Crippen LogP contribution in [-0.2, 0) is 32.7 Å². The molecule has 1 unspecified atom stereocenters. The van der Waals surface area contributed by atoms with Gasteiger partial charge in [0, 0.05) is 12.8 Å². The van der Waals surface area contributed by atoms with Crippen LogP contribution >= 0.6 is 7.82 Å². The van der Waals surface area contributed by atoms with E-state index in [1.165, 1.54) is 154 Å². The second-order valence-corrected chi connectivity index (χ2v) is 19.6. The van der Waals surface area contributed by atoms with Crippen LogP contribution < -0.4 is 4.89 Å². The maximum absolute atomic E-state index is 12.7. The average molecular weight is 858 g/mol. The normalized spacial score (nSPS) is 13.5. The van der Waals surface area contributed by atoms with E-state index < -0.39 is 26.5 Å². The van der Waals surface area contributed by atoms with Gasteiger partial charge in [-0.15, -0.1) is 0 Å². The molecule has 0 radical (unpaired) electrons. The number of phosphoric acid groups is 1. The molecule has 0 fully saturated rings. The van der Waals surface area contributed by atoms with Gasteiger partial charge in [-0.1, -0.05) is 199 Å². The smallest absolute Gasteiger partial charge is 0.306 e. The monoisotopic (exact) mass is 858 g/mol. The van der Waals surface area contributed by atoms with E-state index in [4.69, 9.17) is 18.5 Å². The Bertz CT molecular complexity index is 1020. The summed E-state index contributed by atoms with van der Waals surface area (Å²) in [6.07, 6.45) is 45.2. The number of unbranched alkanes of at least 4 members (excludes halogenated alkanes) is 30. The molecular weight excluding hydrogens is 762 g/mol. The minimum absolute atomic E-state index is 0.0286. The Hall–Kier alpha value is -1.25. The highest BCUT2D eigenvalue weighted by atomic mass is 31.2. The third-order valence-corrected chi connectivity index (χ3v) is 12.0. The van der Waals surface area contributed by atoms with Gasteiger partial charge in [0.05, 0.1) is 27.7 Å². The Kier molecular flexibility index (Phi) is 41.2. The molecule has 0 spiro atoms. The molecule has 59 heavy (non-hydrogen) atoms. The summed E-state index contributed by atoms with van der Waals surface area (Å²) in [5.41, 5.74) is 0. The molecule has 0 rings (SSSR count). The molecule has 0 aliphatic rings. The first-order chi connectivity index (χ1) is 28.5. The number of quaternary nitrogens is 1. The number of phosphoric ester groups is 1. The predicted molar refractivity (Wildman–Crippen MR) is 245 cm³/mol. The SMILES string of the molecule is CCCCCCCCC/C=C\CCCCCCCC(=O)OC[C@H](COP(=O)([O-])OCC[N+](C)(C)C)OC(=O)CCCCCCCCCCCCCCCCCCCCC. The minimum atomic E-state index is -4.62. The highest BCUT2D eigenvalue weighted by Gasteiger charge is 2.21. The molecule has 0 saturated carbocycles. The minimum Gasteiger partial charge on any atom is -0.756 e. The Morgan fingerprint density at radius 2 is 0.864 bits per heavy atom. The van der Waals surface area contributed by atoms with Gasteiger partial charge >= 0.3 is 11.9 Å². The van der Waals surface area contributed by atoms with E-state index in [1.807, 2.05) is 21.1 Å². The van der Waals surface area contributed by atoms with Crippen molar-refractivity contribution in [2.75, 3.05) is 47.5 Å². The van der Waals surface area contributed by atoms with Gasteiger partial charge in [0.2, 0.25) is 0 Å². The topological polar surface area (TPSA) is 111 Å². The summed E-state index contributed by atoms with van der Waals surface area (Å²) < 4.78 is 34.0. The molecule has 2 atom stereocenters. The fraction of sp³-hybridized carbons (Fsp3) is 0.918. The molecule has 0 aromatic heterocycles. The third-order valence-electron chi connectivity index (χ3n) is 11.0. The number of carbonyl (C=O) groups is 2. The Morgan fingerprint density at radius 1 is 0.508 bits per heavy atom. The van der Waals surface area contributed by atoms with Gasteiger partial charge < -0.3 is 27.9 Å². The molecule has 0 aliphatic carbocycles. The summed E-state index contributed by atoms with van der Waals surface area (Å²) in [5, 5.41) is 0. The number of ether oxygens (including phenoxy) is 2. The van der Waals surface area contributed by atoms with Crippen LogP contribution in [0.3, 0.4) is 0 Å². The van der Waals surface area contributed by atoms with Crippen molar-refractivity contribution in [3.63, 3.8) is 0 Å². The lowest BCUT2D eigenvalue weighted by molar-refractivity contribution is -0.870. The number of esters is 2. The molecule has 0 aromatic rings. The van der Waals surface area contributed by atoms with E-state index >= 15 is 0 Å². The van der Waals surface area contributed by atoms with Crippen LogP contribution in [0.1, 0.15) is 239 Å². The number of hydrogen-bond acceptors (Lipinski definition) is 8. The van der Waals surface area contributed by atoms with E-state index in [-0.39, 0.29) is 32.0 Å². The van der Waals surface area contributed by atoms with Crippen molar-refractivity contribution in [3.05, 3.63) is 12.2 Å². The first kappa shape index (κ1) is 57.8. The van der Waals surface area contributed by atoms with Gasteiger partial charge in [-0.2, -0.15) is 0 Å². The van der Waals surface area contributed by atoms with Crippen molar-refractivity contribution in [2.45, 2.75) is 245 Å². The summed E-state index contributed by atoms with van der Waals surface area (Å²) in [6, 6.07) is 0. The van der Waals surface area contributed by atoms with Crippen LogP contribution in [0.4, 0.5) is 0 Å². The van der Waals surface area contributed by atoms with Gasteiger partial charge in [0.1, 0.15) is 19.8 Å². The van der Waals surface area contributed by atoms with Crippen LogP contribution in [-0.4, -0.2) is 70.0 Å². The second-order valence-electron chi connectivity index (χ2n) is 18.2. The quantitative estimate of drug-likeness (QED) is 0.0196. The molecule has 9 nitrogen and oxygen atoms in total. The van der Waals surface area contributed by atoms with Crippen molar-refractivity contribution in [1.29, 1.82) is 0 Å². The zero-order valence-electron chi connectivity index (χ0n) is 39.5. The second kappa shape index (κ2) is 42.1. The largest absolute Gasteiger partial charge is 0.756 e. The van der Waals surface area contributed by atoms with Gasteiger partial charge in [0.25, 0.3) is 7.82 Å². The maximum Gasteiger partial charge on any atom is 0.306 e. The van der Waals surface area contributed by atoms with Crippen LogP contribution in [0.15, 0.2) is 12.2 Å².